The second-order valence-electron chi connectivity index (χ2n) is 7.46. The lowest BCUT2D eigenvalue weighted by atomic mass is 9.97. The average molecular weight is 387 g/mol. The van der Waals surface area contributed by atoms with E-state index in [-0.39, 0.29) is 24.0 Å². The fraction of sp³-hybridized carbons (Fsp3) is 0.500. The van der Waals surface area contributed by atoms with Gasteiger partial charge in [-0.3, -0.25) is 29.4 Å². The number of imide groups is 2. The number of benzene rings is 1. The molecular formula is C20H22FN3O4. The number of hydrogen-bond acceptors (Lipinski definition) is 5. The Hall–Kier alpha value is -2.77. The number of amides is 4. The minimum atomic E-state index is -1.05. The molecule has 7 nitrogen and oxygen atoms in total. The van der Waals surface area contributed by atoms with Crippen LogP contribution in [0.25, 0.3) is 0 Å². The number of hydrogen-bond donors (Lipinski definition) is 1. The highest BCUT2D eigenvalue weighted by Crippen LogP contribution is 2.39. The summed E-state index contributed by atoms with van der Waals surface area (Å²) < 4.78 is 14.8. The molecule has 3 aliphatic heterocycles. The lowest BCUT2D eigenvalue weighted by molar-refractivity contribution is -0.136. The van der Waals surface area contributed by atoms with Crippen molar-refractivity contribution in [1.29, 1.82) is 0 Å². The van der Waals surface area contributed by atoms with Crippen LogP contribution in [-0.4, -0.2) is 47.7 Å². The highest BCUT2D eigenvalue weighted by Gasteiger charge is 2.47. The van der Waals surface area contributed by atoms with Crippen LogP contribution in [0.3, 0.4) is 0 Å². The van der Waals surface area contributed by atoms with Crippen molar-refractivity contribution in [2.45, 2.75) is 51.5 Å². The van der Waals surface area contributed by atoms with E-state index >= 15 is 0 Å². The summed E-state index contributed by atoms with van der Waals surface area (Å²) >= 11 is 0. The summed E-state index contributed by atoms with van der Waals surface area (Å²) in [7, 11) is 0. The highest BCUT2D eigenvalue weighted by atomic mass is 19.1. The van der Waals surface area contributed by atoms with Crippen LogP contribution in [0.2, 0.25) is 0 Å². The molecule has 0 saturated carbocycles. The van der Waals surface area contributed by atoms with Crippen molar-refractivity contribution in [2.75, 3.05) is 18.0 Å². The van der Waals surface area contributed by atoms with Crippen molar-refractivity contribution in [3.05, 3.63) is 28.6 Å². The van der Waals surface area contributed by atoms with Gasteiger partial charge in [-0.15, -0.1) is 0 Å². The maximum atomic E-state index is 14.8. The molecule has 28 heavy (non-hydrogen) atoms. The van der Waals surface area contributed by atoms with Gasteiger partial charge in [-0.2, -0.15) is 0 Å². The summed E-state index contributed by atoms with van der Waals surface area (Å²) in [6.07, 6.45) is 3.48. The van der Waals surface area contributed by atoms with Crippen molar-refractivity contribution >= 4 is 29.3 Å². The van der Waals surface area contributed by atoms with Crippen molar-refractivity contribution in [2.24, 2.45) is 0 Å². The van der Waals surface area contributed by atoms with Crippen molar-refractivity contribution in [1.82, 2.24) is 10.2 Å². The standard InChI is InChI=1S/C20H22FN3O4/c1-2-11-13(21)10-12-16(17(11)23-8-4-3-5-9-23)20(28)24(19(12)27)14-6-7-15(25)22-18(14)26/h10,14H,2-9H2,1H3,(H,22,25,26). The van der Waals surface area contributed by atoms with Gasteiger partial charge in [0.25, 0.3) is 11.8 Å². The lowest BCUT2D eigenvalue weighted by Gasteiger charge is -2.32. The Morgan fingerprint density at radius 1 is 1.11 bits per heavy atom. The van der Waals surface area contributed by atoms with Crippen LogP contribution in [0, 0.1) is 5.82 Å². The van der Waals surface area contributed by atoms with E-state index in [1.54, 1.807) is 0 Å². The number of piperidine rings is 2. The molecule has 2 saturated heterocycles. The molecule has 0 bridgehead atoms. The van der Waals surface area contributed by atoms with E-state index in [0.717, 1.165) is 30.2 Å². The normalized spacial score (nSPS) is 22.6. The molecule has 1 aromatic rings. The molecular weight excluding hydrogens is 365 g/mol. The number of carbonyl (C=O) groups excluding carboxylic acids is 4. The van der Waals surface area contributed by atoms with E-state index in [0.29, 0.717) is 30.8 Å². The molecule has 8 heteroatoms. The SMILES string of the molecule is CCc1c(F)cc2c(c1N1CCCCC1)C(=O)N(C1CCC(=O)NC1=O)C2=O. The second kappa shape index (κ2) is 7.00. The summed E-state index contributed by atoms with van der Waals surface area (Å²) in [5, 5.41) is 2.18. The van der Waals surface area contributed by atoms with Gasteiger partial charge in [-0.05, 0) is 38.2 Å². The van der Waals surface area contributed by atoms with Gasteiger partial charge in [0, 0.05) is 25.1 Å². The monoisotopic (exact) mass is 387 g/mol. The molecule has 0 radical (unpaired) electrons. The first-order chi connectivity index (χ1) is 13.4. The van der Waals surface area contributed by atoms with Gasteiger partial charge in [-0.25, -0.2) is 4.39 Å². The Kier molecular flexibility index (Phi) is 4.64. The molecule has 1 unspecified atom stereocenters. The Labute approximate surface area is 161 Å². The summed E-state index contributed by atoms with van der Waals surface area (Å²) in [5.74, 6) is -2.85. The summed E-state index contributed by atoms with van der Waals surface area (Å²) in [6.45, 7) is 3.21. The Balaban J connectivity index is 1.81. The van der Waals surface area contributed by atoms with Gasteiger partial charge >= 0.3 is 0 Å². The Bertz CT molecular complexity index is 892. The topological polar surface area (TPSA) is 86.8 Å². The number of rotatable bonds is 3. The van der Waals surface area contributed by atoms with E-state index in [2.05, 4.69) is 5.32 Å². The second-order valence-corrected chi connectivity index (χ2v) is 7.46. The molecule has 1 atom stereocenters. The zero-order valence-corrected chi connectivity index (χ0v) is 15.7. The molecule has 0 aromatic heterocycles. The lowest BCUT2D eigenvalue weighted by Crippen LogP contribution is -2.54. The van der Waals surface area contributed by atoms with E-state index in [1.807, 2.05) is 11.8 Å². The van der Waals surface area contributed by atoms with Gasteiger partial charge in [0.2, 0.25) is 11.8 Å². The maximum Gasteiger partial charge on any atom is 0.264 e. The highest BCUT2D eigenvalue weighted by molar-refractivity contribution is 6.25. The van der Waals surface area contributed by atoms with Gasteiger partial charge in [0.15, 0.2) is 0 Å². The van der Waals surface area contributed by atoms with Gasteiger partial charge in [0.1, 0.15) is 11.9 Å². The molecule has 1 N–H and O–H groups in total. The fourth-order valence-corrected chi connectivity index (χ4v) is 4.42. The zero-order chi connectivity index (χ0) is 20.0. The number of carbonyl (C=O) groups is 4. The van der Waals surface area contributed by atoms with Gasteiger partial charge in [0.05, 0.1) is 16.8 Å². The van der Waals surface area contributed by atoms with E-state index < -0.39 is 35.5 Å². The van der Waals surface area contributed by atoms with Gasteiger partial charge < -0.3 is 4.90 Å². The smallest absolute Gasteiger partial charge is 0.264 e. The third-order valence-corrected chi connectivity index (χ3v) is 5.78. The molecule has 0 aliphatic carbocycles. The van der Waals surface area contributed by atoms with Crippen molar-refractivity contribution in [3.63, 3.8) is 0 Å². The Morgan fingerprint density at radius 3 is 2.46 bits per heavy atom. The van der Waals surface area contributed by atoms with Crippen LogP contribution in [0.4, 0.5) is 10.1 Å². The first kappa shape index (κ1) is 18.6. The molecule has 148 valence electrons. The summed E-state index contributed by atoms with van der Waals surface area (Å²) in [6, 6.07) is 0.0701. The van der Waals surface area contributed by atoms with Crippen LogP contribution in [0.5, 0.6) is 0 Å². The third kappa shape index (κ3) is 2.78. The predicted octanol–water partition coefficient (Wildman–Crippen LogP) is 1.78. The quantitative estimate of drug-likeness (QED) is 0.799. The van der Waals surface area contributed by atoms with Crippen LogP contribution in [0.1, 0.15) is 65.3 Å². The van der Waals surface area contributed by atoms with Crippen molar-refractivity contribution < 1.29 is 23.6 Å². The molecule has 3 heterocycles. The molecule has 2 fully saturated rings. The third-order valence-electron chi connectivity index (χ3n) is 5.78. The molecule has 1 aromatic carbocycles. The van der Waals surface area contributed by atoms with Crippen LogP contribution >= 0.6 is 0 Å². The number of nitrogens with one attached hydrogen (secondary N) is 1. The van der Waals surface area contributed by atoms with Crippen molar-refractivity contribution in [3.8, 4) is 0 Å². The maximum absolute atomic E-state index is 14.8. The minimum Gasteiger partial charge on any atom is -0.371 e. The molecule has 4 amide bonds. The van der Waals surface area contributed by atoms with E-state index in [9.17, 15) is 23.6 Å². The number of nitrogens with zero attached hydrogens (tertiary/aromatic N) is 2. The number of anilines is 1. The van der Waals surface area contributed by atoms with Crippen LogP contribution < -0.4 is 10.2 Å². The van der Waals surface area contributed by atoms with E-state index in [4.69, 9.17) is 0 Å². The predicted molar refractivity (Wildman–Crippen MR) is 98.5 cm³/mol. The van der Waals surface area contributed by atoms with E-state index in [1.165, 1.54) is 0 Å². The Morgan fingerprint density at radius 2 is 1.82 bits per heavy atom. The molecule has 4 rings (SSSR count). The summed E-state index contributed by atoms with van der Waals surface area (Å²) in [4.78, 5) is 52.8. The average Bonchev–Trinajstić information content (AvgIpc) is 2.92. The minimum absolute atomic E-state index is 0.00461. The number of fused-ring (bicyclic) bond motifs is 1. The first-order valence-corrected chi connectivity index (χ1v) is 9.76. The molecule has 0 spiro atoms. The first-order valence-electron chi connectivity index (χ1n) is 9.76. The van der Waals surface area contributed by atoms with Crippen LogP contribution in [-0.2, 0) is 16.0 Å². The largest absolute Gasteiger partial charge is 0.371 e. The number of halogens is 1. The summed E-state index contributed by atoms with van der Waals surface area (Å²) in [5.41, 5.74) is 1.11. The fourth-order valence-electron chi connectivity index (χ4n) is 4.42. The van der Waals surface area contributed by atoms with Crippen LogP contribution in [0.15, 0.2) is 6.07 Å². The van der Waals surface area contributed by atoms with Gasteiger partial charge in [-0.1, -0.05) is 6.92 Å². The molecule has 3 aliphatic rings. The zero-order valence-electron chi connectivity index (χ0n) is 15.7.